The lowest BCUT2D eigenvalue weighted by molar-refractivity contribution is 0.794. The fraction of sp³-hybridized carbons (Fsp3) is 0.400. The zero-order valence-electron chi connectivity index (χ0n) is 8.23. The van der Waals surface area contributed by atoms with Gasteiger partial charge in [-0.1, -0.05) is 0 Å². The number of aromatic nitrogens is 2. The van der Waals surface area contributed by atoms with Crippen LogP contribution in [0.4, 0.5) is 5.69 Å². The van der Waals surface area contributed by atoms with Crippen molar-refractivity contribution in [2.45, 2.75) is 12.5 Å². The average molecular weight is 220 g/mol. The van der Waals surface area contributed by atoms with Crippen molar-refractivity contribution in [3.8, 4) is 0 Å². The Hall–Kier alpha value is -1.20. The maximum absolute atomic E-state index is 4.33. The number of rotatable bonds is 2. The third-order valence-corrected chi connectivity index (χ3v) is 3.39. The second kappa shape index (κ2) is 3.75. The van der Waals surface area contributed by atoms with Gasteiger partial charge in [0.2, 0.25) is 0 Å². The molecule has 0 aliphatic carbocycles. The number of nitrogens with zero attached hydrogens (tertiary/aromatic N) is 2. The normalized spacial score (nSPS) is 20.9. The molecule has 0 spiro atoms. The minimum atomic E-state index is 0.525. The molecule has 0 amide bonds. The van der Waals surface area contributed by atoms with E-state index in [-0.39, 0.29) is 0 Å². The minimum Gasteiger partial charge on any atom is -0.379 e. The summed E-state index contributed by atoms with van der Waals surface area (Å²) in [6.45, 7) is 2.14. The van der Waals surface area contributed by atoms with Crippen molar-refractivity contribution in [1.29, 1.82) is 0 Å². The lowest BCUT2D eigenvalue weighted by atomic mass is 10.2. The number of thiazole rings is 1. The maximum Gasteiger partial charge on any atom is 0.145 e. The third kappa shape index (κ3) is 1.68. The Kier molecular flexibility index (Phi) is 2.26. The summed E-state index contributed by atoms with van der Waals surface area (Å²) in [5, 5.41) is 6.85. The highest BCUT2D eigenvalue weighted by molar-refractivity contribution is 7.16. The van der Waals surface area contributed by atoms with E-state index >= 15 is 0 Å². The van der Waals surface area contributed by atoms with Gasteiger partial charge < -0.3 is 10.6 Å². The Morgan fingerprint density at radius 1 is 1.47 bits per heavy atom. The van der Waals surface area contributed by atoms with E-state index in [4.69, 9.17) is 0 Å². The van der Waals surface area contributed by atoms with Crippen LogP contribution < -0.4 is 10.6 Å². The first-order chi connectivity index (χ1) is 7.43. The Balaban J connectivity index is 1.92. The SMILES string of the molecule is c1cc(NC2CCNC2)c2ncsc2n1. The molecule has 1 unspecified atom stereocenters. The molecule has 3 rings (SSSR count). The highest BCUT2D eigenvalue weighted by atomic mass is 32.1. The van der Waals surface area contributed by atoms with E-state index in [1.54, 1.807) is 11.3 Å². The van der Waals surface area contributed by atoms with Crippen molar-refractivity contribution in [1.82, 2.24) is 15.3 Å². The van der Waals surface area contributed by atoms with Crippen LogP contribution in [0, 0.1) is 0 Å². The van der Waals surface area contributed by atoms with Gasteiger partial charge in [-0.3, -0.25) is 0 Å². The summed E-state index contributed by atoms with van der Waals surface area (Å²) in [5.74, 6) is 0. The quantitative estimate of drug-likeness (QED) is 0.804. The van der Waals surface area contributed by atoms with Crippen LogP contribution in [0.1, 0.15) is 6.42 Å². The highest BCUT2D eigenvalue weighted by Gasteiger charge is 2.15. The van der Waals surface area contributed by atoms with E-state index in [9.17, 15) is 0 Å². The summed E-state index contributed by atoms with van der Waals surface area (Å²) >= 11 is 1.58. The van der Waals surface area contributed by atoms with E-state index in [0.717, 1.165) is 29.1 Å². The number of pyridine rings is 1. The van der Waals surface area contributed by atoms with Gasteiger partial charge >= 0.3 is 0 Å². The molecule has 2 N–H and O–H groups in total. The number of hydrogen-bond acceptors (Lipinski definition) is 5. The van der Waals surface area contributed by atoms with Crippen LogP contribution in [0.25, 0.3) is 10.3 Å². The lowest BCUT2D eigenvalue weighted by Gasteiger charge is -2.12. The van der Waals surface area contributed by atoms with Crippen LogP contribution in [0.5, 0.6) is 0 Å². The van der Waals surface area contributed by atoms with Gasteiger partial charge in [0, 0.05) is 18.8 Å². The Bertz CT molecular complexity index is 461. The van der Waals surface area contributed by atoms with Crippen LogP contribution in [-0.4, -0.2) is 29.1 Å². The van der Waals surface area contributed by atoms with E-state index < -0.39 is 0 Å². The maximum atomic E-state index is 4.33. The Morgan fingerprint density at radius 3 is 3.33 bits per heavy atom. The number of hydrogen-bond donors (Lipinski definition) is 2. The molecule has 15 heavy (non-hydrogen) atoms. The molecule has 0 radical (unpaired) electrons. The monoisotopic (exact) mass is 220 g/mol. The molecule has 1 atom stereocenters. The summed E-state index contributed by atoms with van der Waals surface area (Å²) in [6.07, 6.45) is 3.01. The first-order valence-electron chi connectivity index (χ1n) is 5.09. The van der Waals surface area contributed by atoms with Gasteiger partial charge in [0.05, 0.1) is 11.2 Å². The molecule has 5 heteroatoms. The summed E-state index contributed by atoms with van der Waals surface area (Å²) in [6, 6.07) is 2.53. The molecule has 1 aliphatic rings. The number of fused-ring (bicyclic) bond motifs is 1. The van der Waals surface area contributed by atoms with Crippen molar-refractivity contribution in [2.24, 2.45) is 0 Å². The second-order valence-electron chi connectivity index (χ2n) is 3.70. The molecule has 0 aromatic carbocycles. The van der Waals surface area contributed by atoms with Crippen LogP contribution in [0.15, 0.2) is 17.8 Å². The van der Waals surface area contributed by atoms with Crippen LogP contribution >= 0.6 is 11.3 Å². The largest absolute Gasteiger partial charge is 0.379 e. The molecule has 1 fully saturated rings. The number of anilines is 1. The smallest absolute Gasteiger partial charge is 0.145 e. The topological polar surface area (TPSA) is 49.8 Å². The van der Waals surface area contributed by atoms with Gasteiger partial charge in [-0.15, -0.1) is 11.3 Å². The molecular formula is C10H12N4S. The van der Waals surface area contributed by atoms with Crippen molar-refractivity contribution in [3.05, 3.63) is 17.8 Å². The first kappa shape index (κ1) is 9.06. The third-order valence-electron chi connectivity index (χ3n) is 2.66. The van der Waals surface area contributed by atoms with E-state index in [2.05, 4.69) is 20.6 Å². The summed E-state index contributed by atoms with van der Waals surface area (Å²) in [4.78, 5) is 9.62. The Labute approximate surface area is 91.7 Å². The van der Waals surface area contributed by atoms with Gasteiger partial charge in [0.25, 0.3) is 0 Å². The highest BCUT2D eigenvalue weighted by Crippen LogP contribution is 2.23. The summed E-state index contributed by atoms with van der Waals surface area (Å²) in [7, 11) is 0. The van der Waals surface area contributed by atoms with E-state index in [1.807, 2.05) is 17.8 Å². The lowest BCUT2D eigenvalue weighted by Crippen LogP contribution is -2.22. The van der Waals surface area contributed by atoms with Crippen molar-refractivity contribution in [3.63, 3.8) is 0 Å². The van der Waals surface area contributed by atoms with Gasteiger partial charge in [0.15, 0.2) is 0 Å². The zero-order valence-corrected chi connectivity index (χ0v) is 9.05. The molecule has 0 bridgehead atoms. The van der Waals surface area contributed by atoms with Gasteiger partial charge in [-0.05, 0) is 19.0 Å². The van der Waals surface area contributed by atoms with Gasteiger partial charge in [0.1, 0.15) is 10.3 Å². The second-order valence-corrected chi connectivity index (χ2v) is 4.53. The standard InChI is InChI=1S/C10H12N4S/c1-3-11-5-7(1)14-8-2-4-12-10-9(8)13-6-15-10/h2,4,6-7,11H,1,3,5H2,(H,12,14). The molecule has 0 saturated carbocycles. The van der Waals surface area contributed by atoms with Gasteiger partial charge in [-0.2, -0.15) is 0 Å². The van der Waals surface area contributed by atoms with Gasteiger partial charge in [-0.25, -0.2) is 9.97 Å². The molecule has 4 nitrogen and oxygen atoms in total. The predicted molar refractivity (Wildman–Crippen MR) is 62.3 cm³/mol. The molecule has 1 aliphatic heterocycles. The molecule has 2 aromatic heterocycles. The first-order valence-corrected chi connectivity index (χ1v) is 5.97. The summed E-state index contributed by atoms with van der Waals surface area (Å²) < 4.78 is 0. The zero-order chi connectivity index (χ0) is 10.1. The molecule has 3 heterocycles. The van der Waals surface area contributed by atoms with Crippen molar-refractivity contribution >= 4 is 27.4 Å². The summed E-state index contributed by atoms with van der Waals surface area (Å²) in [5.41, 5.74) is 3.94. The van der Waals surface area contributed by atoms with Crippen LogP contribution in [0.2, 0.25) is 0 Å². The minimum absolute atomic E-state index is 0.525. The average Bonchev–Trinajstić information content (AvgIpc) is 2.87. The fourth-order valence-corrected chi connectivity index (χ4v) is 2.54. The predicted octanol–water partition coefficient (Wildman–Crippen LogP) is 1.47. The fourth-order valence-electron chi connectivity index (χ4n) is 1.89. The van der Waals surface area contributed by atoms with Crippen molar-refractivity contribution < 1.29 is 0 Å². The van der Waals surface area contributed by atoms with Crippen LogP contribution in [0.3, 0.4) is 0 Å². The van der Waals surface area contributed by atoms with E-state index in [1.165, 1.54) is 6.42 Å². The number of nitrogens with one attached hydrogen (secondary N) is 2. The molecular weight excluding hydrogens is 208 g/mol. The van der Waals surface area contributed by atoms with Crippen LogP contribution in [-0.2, 0) is 0 Å². The van der Waals surface area contributed by atoms with E-state index in [0.29, 0.717) is 6.04 Å². The molecule has 1 saturated heterocycles. The molecule has 2 aromatic rings. The Morgan fingerprint density at radius 2 is 2.47 bits per heavy atom. The molecule has 78 valence electrons. The van der Waals surface area contributed by atoms with Crippen molar-refractivity contribution in [2.75, 3.05) is 18.4 Å².